The molecule has 48 valence electrons. The molecule has 0 saturated carbocycles. The second-order valence-electron chi connectivity index (χ2n) is 0.283. The van der Waals surface area contributed by atoms with Crippen LogP contribution in [0.2, 0.25) is 0 Å². The van der Waals surface area contributed by atoms with E-state index in [1.54, 1.807) is 0 Å². The maximum absolute atomic E-state index is 8.74. The first kappa shape index (κ1) is 38.7. The van der Waals surface area contributed by atoms with Gasteiger partial charge in [-0.15, -0.1) is 0 Å². The summed E-state index contributed by atoms with van der Waals surface area (Å²) < 4.78 is 8.74. The minimum atomic E-state index is -3.13. The summed E-state index contributed by atoms with van der Waals surface area (Å²) in [4.78, 5) is 14.3. The predicted molar refractivity (Wildman–Crippen MR) is 45.1 cm³/mol. The van der Waals surface area contributed by atoms with Crippen LogP contribution in [0.1, 0.15) is 0 Å². The van der Waals surface area contributed by atoms with Crippen molar-refractivity contribution in [3.8, 4) is 0 Å². The average Bonchev–Trinajstić information content (AvgIpc) is 0.811. The Labute approximate surface area is 145 Å². The van der Waals surface area contributed by atoms with E-state index < -0.39 is 9.17 Å². The van der Waals surface area contributed by atoms with E-state index in [2.05, 4.69) is 0 Å². The van der Waals surface area contributed by atoms with Gasteiger partial charge in [0.2, 0.25) is 0 Å². The fourth-order valence-corrected chi connectivity index (χ4v) is 0. The molecule has 0 atom stereocenters. The molecule has 0 aliphatic carbocycles. The molecule has 0 heterocycles. The van der Waals surface area contributed by atoms with Crippen molar-refractivity contribution in [2.45, 2.75) is 0 Å². The van der Waals surface area contributed by atoms with Gasteiger partial charge >= 0.3 is 99.5 Å². The van der Waals surface area contributed by atoms with Crippen molar-refractivity contribution in [1.29, 1.82) is 0 Å². The van der Waals surface area contributed by atoms with E-state index in [4.69, 9.17) is 14.1 Å². The zero-order chi connectivity index (χ0) is 3.58. The Morgan fingerprint density at radius 2 is 1.22 bits per heavy atom. The fraction of sp³-hybridized carbons (Fsp3) is 0. The third-order valence-corrected chi connectivity index (χ3v) is 0. The molecule has 0 amide bonds. The van der Waals surface area contributed by atoms with Crippen molar-refractivity contribution in [2.24, 2.45) is 0 Å². The normalized spacial score (nSPS) is 2.67. The molecule has 9 heavy (non-hydrogen) atoms. The van der Waals surface area contributed by atoms with Crippen molar-refractivity contribution in [3.05, 3.63) is 0 Å². The Morgan fingerprint density at radius 1 is 1.22 bits per heavy atom. The van der Waals surface area contributed by atoms with Crippen LogP contribution in [0.25, 0.3) is 0 Å². The van der Waals surface area contributed by atoms with Gasteiger partial charge in [0, 0.05) is 17.1 Å². The molecule has 0 radical (unpaired) electrons. The van der Waals surface area contributed by atoms with Gasteiger partial charge in [-0.1, -0.05) is 0 Å². The van der Waals surface area contributed by atoms with E-state index in [-0.39, 0.29) is 125 Å². The van der Waals surface area contributed by atoms with Crippen molar-refractivity contribution >= 4 is 117 Å². The van der Waals surface area contributed by atoms with Gasteiger partial charge < -0.3 is 9.59 Å². The van der Waals surface area contributed by atoms with E-state index >= 15 is 0 Å². The standard InChI is InChI=1S/Al.Ca.Fe.Mg.Na.H2O3Si.8H/c;;;;;1-4(2)3;;;;;;;;/h;;;;;1-2H;;;;;;;;. The van der Waals surface area contributed by atoms with Crippen LogP contribution in [0.15, 0.2) is 0 Å². The van der Waals surface area contributed by atoms with E-state index in [0.717, 1.165) is 0 Å². The molecule has 0 saturated heterocycles. The fourth-order valence-electron chi connectivity index (χ4n) is 0. The number of rotatable bonds is 0. The van der Waals surface area contributed by atoms with Crippen molar-refractivity contribution in [2.75, 3.05) is 0 Å². The first-order chi connectivity index (χ1) is 1.73. The van der Waals surface area contributed by atoms with Gasteiger partial charge in [-0.3, -0.25) is 4.46 Å². The quantitative estimate of drug-likeness (QED) is 0.426. The van der Waals surface area contributed by atoms with Gasteiger partial charge in [-0.25, -0.2) is 0 Å². The van der Waals surface area contributed by atoms with Crippen LogP contribution in [-0.2, 0) is 21.5 Å². The van der Waals surface area contributed by atoms with Crippen LogP contribution in [0.5, 0.6) is 0 Å². The molecule has 0 aliphatic heterocycles. The Morgan fingerprint density at radius 3 is 1.22 bits per heavy atom. The Balaban J connectivity index is -0.00000000450. The van der Waals surface area contributed by atoms with Crippen LogP contribution in [-0.4, -0.2) is 126 Å². The van der Waals surface area contributed by atoms with Crippen molar-refractivity contribution in [3.63, 3.8) is 0 Å². The van der Waals surface area contributed by atoms with Gasteiger partial charge in [0.25, 0.3) is 0 Å². The molecule has 0 spiro atoms. The van der Waals surface area contributed by atoms with E-state index in [0.29, 0.717) is 0 Å². The summed E-state index contributed by atoms with van der Waals surface area (Å²) in [6, 6.07) is 0. The summed E-state index contributed by atoms with van der Waals surface area (Å²) in [6.07, 6.45) is 0. The second-order valence-corrected chi connectivity index (χ2v) is 0.848. The van der Waals surface area contributed by atoms with E-state index in [1.807, 2.05) is 0 Å². The van der Waals surface area contributed by atoms with Crippen LogP contribution in [0, 0.1) is 0 Å². The number of hydrogen-bond donors (Lipinski definition) is 2. The van der Waals surface area contributed by atoms with Gasteiger partial charge in [0.05, 0.1) is 0 Å². The average molecular weight is 256 g/mol. The predicted octanol–water partition coefficient (Wildman–Crippen LogP) is -5.28. The Hall–Kier alpha value is 3.69. The summed E-state index contributed by atoms with van der Waals surface area (Å²) >= 11 is 0. The van der Waals surface area contributed by atoms with Gasteiger partial charge in [-0.2, -0.15) is 0 Å². The third-order valence-electron chi connectivity index (χ3n) is 0. The molecule has 2 N–H and O–H groups in total. The summed E-state index contributed by atoms with van der Waals surface area (Å²) in [5, 5.41) is 0. The third kappa shape index (κ3) is 80.5. The van der Waals surface area contributed by atoms with Crippen LogP contribution >= 0.6 is 0 Å². The second kappa shape index (κ2) is 29.8. The van der Waals surface area contributed by atoms with Gasteiger partial charge in [-0.05, 0) is 0 Å². The van der Waals surface area contributed by atoms with Crippen LogP contribution < -0.4 is 0 Å². The molecule has 0 aromatic carbocycles. The molecule has 0 aliphatic rings. The van der Waals surface area contributed by atoms with Crippen LogP contribution in [0.4, 0.5) is 0 Å². The SMILES string of the molecule is O=[Si](O)O.[AlH3].[CaH2].[Fe].[MgH2].[NaH]. The zero-order valence-corrected chi connectivity index (χ0v) is 4.26. The van der Waals surface area contributed by atoms with Crippen molar-refractivity contribution < 1.29 is 31.1 Å². The molecule has 0 unspecified atom stereocenters. The summed E-state index contributed by atoms with van der Waals surface area (Å²) in [5.41, 5.74) is 0. The first-order valence-electron chi connectivity index (χ1n) is 0.651. The molecule has 0 aromatic heterocycles. The summed E-state index contributed by atoms with van der Waals surface area (Å²) in [6.45, 7) is 0. The molecule has 0 fully saturated rings. The monoisotopic (exact) mass is 256 g/mol. The molecule has 0 rings (SSSR count). The van der Waals surface area contributed by atoms with Crippen molar-refractivity contribution in [1.82, 2.24) is 0 Å². The molecular weight excluding hydrogens is 246 g/mol. The van der Waals surface area contributed by atoms with E-state index in [9.17, 15) is 0 Å². The number of hydrogen-bond acceptors (Lipinski definition) is 1. The molecule has 9 heteroatoms. The molecule has 3 nitrogen and oxygen atoms in total. The van der Waals surface area contributed by atoms with Gasteiger partial charge in [0.15, 0.2) is 17.4 Å². The van der Waals surface area contributed by atoms with E-state index in [1.165, 1.54) is 0 Å². The summed E-state index contributed by atoms with van der Waals surface area (Å²) in [5.74, 6) is 0. The summed E-state index contributed by atoms with van der Waals surface area (Å²) in [7, 11) is -3.13. The maximum atomic E-state index is 8.74. The molecule has 0 bridgehead atoms. The van der Waals surface area contributed by atoms with Crippen LogP contribution in [0.3, 0.4) is 0 Å². The minimum absolute atomic E-state index is 0. The molecular formula is H10AlCaFeMgNaO3Si. The first-order valence-corrected chi connectivity index (χ1v) is 1.95. The molecule has 0 aromatic rings. The van der Waals surface area contributed by atoms with Gasteiger partial charge in [0.1, 0.15) is 0 Å². The Kier molecular flexibility index (Phi) is 128. The Bertz CT molecular complexity index is 46.8. The topological polar surface area (TPSA) is 57.5 Å². The zero-order valence-electron chi connectivity index (χ0n) is 2.16.